The van der Waals surface area contributed by atoms with E-state index in [4.69, 9.17) is 16.3 Å². The minimum Gasteiger partial charge on any atom is -0.488 e. The van der Waals surface area contributed by atoms with E-state index in [1.165, 1.54) is 0 Å². The highest BCUT2D eigenvalue weighted by molar-refractivity contribution is 6.17. The fraction of sp³-hybridized carbons (Fsp3) is 0.455. The van der Waals surface area contributed by atoms with Crippen LogP contribution >= 0.6 is 11.6 Å². The number of hydrogen-bond donors (Lipinski definition) is 0. The molecule has 1 rings (SSSR count). The average molecular weight is 199 g/mol. The first-order valence-electron chi connectivity index (χ1n) is 4.35. The van der Waals surface area contributed by atoms with E-state index < -0.39 is 0 Å². The predicted octanol–water partition coefficient (Wildman–Crippen LogP) is 3.60. The third-order valence-corrected chi connectivity index (χ3v) is 1.81. The van der Waals surface area contributed by atoms with Gasteiger partial charge in [-0.25, -0.2) is 0 Å². The second-order valence-corrected chi connectivity index (χ2v) is 4.26. The van der Waals surface area contributed by atoms with Crippen LogP contribution in [0.1, 0.15) is 26.3 Å². The molecule has 0 aliphatic rings. The van der Waals surface area contributed by atoms with Crippen LogP contribution in [-0.4, -0.2) is 5.60 Å². The molecule has 0 radical (unpaired) electrons. The molecular weight excluding hydrogens is 184 g/mol. The first-order valence-corrected chi connectivity index (χ1v) is 4.88. The van der Waals surface area contributed by atoms with Gasteiger partial charge in [0.05, 0.1) is 0 Å². The zero-order valence-corrected chi connectivity index (χ0v) is 9.06. The Balaban J connectivity index is 2.70. The molecule has 0 saturated heterocycles. The van der Waals surface area contributed by atoms with Crippen molar-refractivity contribution in [2.24, 2.45) is 0 Å². The maximum atomic E-state index is 5.67. The zero-order valence-electron chi connectivity index (χ0n) is 8.30. The largest absolute Gasteiger partial charge is 0.488 e. The zero-order chi connectivity index (χ0) is 9.90. The Labute approximate surface area is 84.7 Å². The summed E-state index contributed by atoms with van der Waals surface area (Å²) >= 11 is 5.67. The van der Waals surface area contributed by atoms with Gasteiger partial charge in [0.25, 0.3) is 0 Å². The highest BCUT2D eigenvalue weighted by Crippen LogP contribution is 2.18. The third kappa shape index (κ3) is 3.69. The van der Waals surface area contributed by atoms with Gasteiger partial charge in [0.15, 0.2) is 0 Å². The summed E-state index contributed by atoms with van der Waals surface area (Å²) in [5.74, 6) is 1.44. The van der Waals surface area contributed by atoms with Crippen LogP contribution < -0.4 is 4.74 Å². The molecule has 72 valence electrons. The fourth-order valence-electron chi connectivity index (χ4n) is 1.00. The smallest absolute Gasteiger partial charge is 0.120 e. The summed E-state index contributed by atoms with van der Waals surface area (Å²) in [5, 5.41) is 0. The number of rotatable bonds is 2. The van der Waals surface area contributed by atoms with Gasteiger partial charge in [-0.1, -0.05) is 12.1 Å². The molecule has 0 aliphatic heterocycles. The summed E-state index contributed by atoms with van der Waals surface area (Å²) in [6, 6.07) is 7.86. The standard InChI is InChI=1S/C11H15ClO/c1-11(2,3)13-10-6-4-9(8-12)5-7-10/h4-7H,8H2,1-3H3. The van der Waals surface area contributed by atoms with E-state index in [9.17, 15) is 0 Å². The van der Waals surface area contributed by atoms with Crippen LogP contribution in [0.5, 0.6) is 5.75 Å². The van der Waals surface area contributed by atoms with Crippen molar-refractivity contribution >= 4 is 11.6 Å². The summed E-state index contributed by atoms with van der Waals surface area (Å²) in [6.07, 6.45) is 0. The molecule has 1 nitrogen and oxygen atoms in total. The Kier molecular flexibility index (Phi) is 3.21. The molecule has 0 heterocycles. The van der Waals surface area contributed by atoms with Crippen molar-refractivity contribution in [2.75, 3.05) is 0 Å². The molecule has 1 aromatic rings. The molecule has 0 bridgehead atoms. The lowest BCUT2D eigenvalue weighted by molar-refractivity contribution is 0.131. The molecule has 0 unspecified atom stereocenters. The molecule has 13 heavy (non-hydrogen) atoms. The first-order chi connectivity index (χ1) is 6.01. The van der Waals surface area contributed by atoms with Gasteiger partial charge in [0.1, 0.15) is 11.4 Å². The van der Waals surface area contributed by atoms with Crippen LogP contribution in [0.3, 0.4) is 0 Å². The molecule has 2 heteroatoms. The lowest BCUT2D eigenvalue weighted by Gasteiger charge is -2.21. The van der Waals surface area contributed by atoms with Crippen molar-refractivity contribution in [3.05, 3.63) is 29.8 Å². The maximum absolute atomic E-state index is 5.67. The molecule has 0 aliphatic carbocycles. The summed E-state index contributed by atoms with van der Waals surface area (Å²) in [4.78, 5) is 0. The average Bonchev–Trinajstić information content (AvgIpc) is 2.03. The van der Waals surface area contributed by atoms with Crippen LogP contribution in [0, 0.1) is 0 Å². The number of benzene rings is 1. The van der Waals surface area contributed by atoms with Gasteiger partial charge in [-0.3, -0.25) is 0 Å². The SMILES string of the molecule is CC(C)(C)Oc1ccc(CCl)cc1. The number of hydrogen-bond acceptors (Lipinski definition) is 1. The van der Waals surface area contributed by atoms with Crippen LogP contribution in [0.4, 0.5) is 0 Å². The van der Waals surface area contributed by atoms with Gasteiger partial charge in [-0.15, -0.1) is 11.6 Å². The number of halogens is 1. The van der Waals surface area contributed by atoms with Crippen LogP contribution in [0.15, 0.2) is 24.3 Å². The van der Waals surface area contributed by atoms with Gasteiger partial charge in [0, 0.05) is 5.88 Å². The van der Waals surface area contributed by atoms with E-state index in [0.29, 0.717) is 5.88 Å². The van der Waals surface area contributed by atoms with E-state index in [2.05, 4.69) is 0 Å². The van der Waals surface area contributed by atoms with Gasteiger partial charge in [0.2, 0.25) is 0 Å². The fourth-order valence-corrected chi connectivity index (χ4v) is 1.18. The van der Waals surface area contributed by atoms with Crippen molar-refractivity contribution in [3.63, 3.8) is 0 Å². The van der Waals surface area contributed by atoms with Crippen LogP contribution in [-0.2, 0) is 5.88 Å². The molecule has 0 amide bonds. The van der Waals surface area contributed by atoms with Gasteiger partial charge < -0.3 is 4.74 Å². The van der Waals surface area contributed by atoms with Gasteiger partial charge >= 0.3 is 0 Å². The first kappa shape index (κ1) is 10.4. The molecular formula is C11H15ClO. The molecule has 0 fully saturated rings. The highest BCUT2D eigenvalue weighted by Gasteiger charge is 2.10. The Morgan fingerprint density at radius 3 is 2.08 bits per heavy atom. The summed E-state index contributed by atoms with van der Waals surface area (Å²) in [7, 11) is 0. The third-order valence-electron chi connectivity index (χ3n) is 1.50. The van der Waals surface area contributed by atoms with E-state index >= 15 is 0 Å². The van der Waals surface area contributed by atoms with E-state index in [0.717, 1.165) is 11.3 Å². The minimum absolute atomic E-state index is 0.136. The predicted molar refractivity (Wildman–Crippen MR) is 56.4 cm³/mol. The summed E-state index contributed by atoms with van der Waals surface area (Å²) in [6.45, 7) is 6.09. The minimum atomic E-state index is -0.136. The van der Waals surface area contributed by atoms with Crippen LogP contribution in [0.25, 0.3) is 0 Å². The Hall–Kier alpha value is -0.690. The Bertz CT molecular complexity index is 258. The second-order valence-electron chi connectivity index (χ2n) is 3.99. The number of alkyl halides is 1. The van der Waals surface area contributed by atoms with Crippen molar-refractivity contribution in [2.45, 2.75) is 32.3 Å². The van der Waals surface area contributed by atoms with Crippen molar-refractivity contribution < 1.29 is 4.74 Å². The topological polar surface area (TPSA) is 9.23 Å². The van der Waals surface area contributed by atoms with Crippen molar-refractivity contribution in [3.8, 4) is 5.75 Å². The van der Waals surface area contributed by atoms with E-state index in [-0.39, 0.29) is 5.60 Å². The van der Waals surface area contributed by atoms with Gasteiger partial charge in [-0.05, 0) is 38.5 Å². The second kappa shape index (κ2) is 4.01. The molecule has 0 aromatic heterocycles. The molecule has 0 N–H and O–H groups in total. The normalized spacial score (nSPS) is 11.4. The maximum Gasteiger partial charge on any atom is 0.120 e. The Morgan fingerprint density at radius 2 is 1.69 bits per heavy atom. The summed E-state index contributed by atoms with van der Waals surface area (Å²) < 4.78 is 5.66. The monoisotopic (exact) mass is 198 g/mol. The van der Waals surface area contributed by atoms with E-state index in [1.807, 2.05) is 45.0 Å². The lowest BCUT2D eigenvalue weighted by atomic mass is 10.2. The van der Waals surface area contributed by atoms with E-state index in [1.54, 1.807) is 0 Å². The summed E-state index contributed by atoms with van der Waals surface area (Å²) in [5.41, 5.74) is 0.977. The van der Waals surface area contributed by atoms with Crippen molar-refractivity contribution in [1.82, 2.24) is 0 Å². The molecule has 0 atom stereocenters. The Morgan fingerprint density at radius 1 is 1.15 bits per heavy atom. The van der Waals surface area contributed by atoms with Gasteiger partial charge in [-0.2, -0.15) is 0 Å². The molecule has 0 saturated carbocycles. The van der Waals surface area contributed by atoms with Crippen molar-refractivity contribution in [1.29, 1.82) is 0 Å². The molecule has 1 aromatic carbocycles. The number of ether oxygens (including phenoxy) is 1. The molecule has 0 spiro atoms. The van der Waals surface area contributed by atoms with Crippen LogP contribution in [0.2, 0.25) is 0 Å². The lowest BCUT2D eigenvalue weighted by Crippen LogP contribution is -2.22. The quantitative estimate of drug-likeness (QED) is 0.660. The highest BCUT2D eigenvalue weighted by atomic mass is 35.5.